The number of nitrogens with one attached hydrogen (secondary N) is 1. The van der Waals surface area contributed by atoms with Crippen LogP contribution in [-0.4, -0.2) is 9.78 Å². The van der Waals surface area contributed by atoms with Crippen molar-refractivity contribution in [2.45, 2.75) is 32.4 Å². The largest absolute Gasteiger partial charge is 0.366 e. The monoisotopic (exact) mass is 275 g/mol. The summed E-state index contributed by atoms with van der Waals surface area (Å²) in [6, 6.07) is 10.4. The Morgan fingerprint density at radius 2 is 2.05 bits per heavy atom. The summed E-state index contributed by atoms with van der Waals surface area (Å²) < 4.78 is 2.10. The number of benzene rings is 1. The lowest BCUT2D eigenvalue weighted by Gasteiger charge is -2.16. The summed E-state index contributed by atoms with van der Waals surface area (Å²) in [6.07, 6.45) is 4.53. The van der Waals surface area contributed by atoms with Crippen molar-refractivity contribution in [2.24, 2.45) is 5.92 Å². The summed E-state index contributed by atoms with van der Waals surface area (Å²) in [4.78, 5) is 0. The third kappa shape index (κ3) is 2.92. The molecule has 3 rings (SSSR count). The van der Waals surface area contributed by atoms with Crippen LogP contribution in [0.3, 0.4) is 0 Å². The van der Waals surface area contributed by atoms with Crippen molar-refractivity contribution in [2.75, 3.05) is 5.32 Å². The molecule has 4 heteroatoms. The van der Waals surface area contributed by atoms with Gasteiger partial charge in [-0.15, -0.1) is 0 Å². The summed E-state index contributed by atoms with van der Waals surface area (Å²) in [5.41, 5.74) is 1.22. The van der Waals surface area contributed by atoms with Gasteiger partial charge in [0.25, 0.3) is 0 Å². The van der Waals surface area contributed by atoms with Crippen molar-refractivity contribution in [3.8, 4) is 0 Å². The molecule has 0 saturated heterocycles. The van der Waals surface area contributed by atoms with Gasteiger partial charge >= 0.3 is 0 Å². The van der Waals surface area contributed by atoms with Crippen LogP contribution < -0.4 is 5.32 Å². The minimum absolute atomic E-state index is 0.489. The predicted octanol–water partition coefficient (Wildman–Crippen LogP) is 4.12. The lowest BCUT2D eigenvalue weighted by molar-refractivity contribution is 0.444. The van der Waals surface area contributed by atoms with Gasteiger partial charge in [-0.3, -0.25) is 0 Å². The average Bonchev–Trinajstić information content (AvgIpc) is 3.16. The van der Waals surface area contributed by atoms with Crippen LogP contribution in [0, 0.1) is 5.92 Å². The van der Waals surface area contributed by atoms with Crippen LogP contribution >= 0.6 is 11.6 Å². The van der Waals surface area contributed by atoms with Gasteiger partial charge in [0.15, 0.2) is 0 Å². The van der Waals surface area contributed by atoms with Gasteiger partial charge in [-0.05, 0) is 43.4 Å². The highest BCUT2D eigenvalue weighted by atomic mass is 35.5. The molecular weight excluding hydrogens is 258 g/mol. The van der Waals surface area contributed by atoms with Crippen molar-refractivity contribution in [3.63, 3.8) is 0 Å². The molecule has 1 aromatic heterocycles. The van der Waals surface area contributed by atoms with E-state index in [-0.39, 0.29) is 0 Å². The van der Waals surface area contributed by atoms with Crippen LogP contribution in [0.5, 0.6) is 0 Å². The van der Waals surface area contributed by atoms with E-state index in [1.807, 2.05) is 36.5 Å². The topological polar surface area (TPSA) is 29.9 Å². The summed E-state index contributed by atoms with van der Waals surface area (Å²) in [6.45, 7) is 3.04. The minimum atomic E-state index is 0.489. The van der Waals surface area contributed by atoms with E-state index in [0.717, 1.165) is 23.3 Å². The zero-order valence-corrected chi connectivity index (χ0v) is 11.8. The molecule has 1 aliphatic rings. The Balaban J connectivity index is 1.66. The van der Waals surface area contributed by atoms with Crippen molar-refractivity contribution < 1.29 is 0 Å². The Morgan fingerprint density at radius 1 is 1.32 bits per heavy atom. The van der Waals surface area contributed by atoms with Gasteiger partial charge in [0, 0.05) is 17.6 Å². The van der Waals surface area contributed by atoms with Gasteiger partial charge in [0.2, 0.25) is 0 Å². The Kier molecular flexibility index (Phi) is 3.47. The lowest BCUT2D eigenvalue weighted by atomic mass is 10.2. The highest BCUT2D eigenvalue weighted by Crippen LogP contribution is 2.40. The molecule has 0 amide bonds. The van der Waals surface area contributed by atoms with Gasteiger partial charge in [-0.2, -0.15) is 5.10 Å². The SMILES string of the molecule is CC(C1CC1)n1nccc1NCc1ccc(Cl)cc1. The van der Waals surface area contributed by atoms with E-state index >= 15 is 0 Å². The Morgan fingerprint density at radius 3 is 2.74 bits per heavy atom. The second-order valence-corrected chi connectivity index (χ2v) is 5.66. The molecule has 1 heterocycles. The van der Waals surface area contributed by atoms with E-state index in [0.29, 0.717) is 6.04 Å². The Bertz CT molecular complexity index is 543. The first-order valence-electron chi connectivity index (χ1n) is 6.76. The first kappa shape index (κ1) is 12.5. The summed E-state index contributed by atoms with van der Waals surface area (Å²) in [7, 11) is 0. The van der Waals surface area contributed by atoms with Crippen LogP contribution in [-0.2, 0) is 6.54 Å². The second-order valence-electron chi connectivity index (χ2n) is 5.22. The number of hydrogen-bond acceptors (Lipinski definition) is 2. The molecule has 1 aromatic carbocycles. The van der Waals surface area contributed by atoms with Crippen LogP contribution in [0.2, 0.25) is 5.02 Å². The molecule has 1 aliphatic carbocycles. The quantitative estimate of drug-likeness (QED) is 0.890. The number of nitrogens with zero attached hydrogens (tertiary/aromatic N) is 2. The molecule has 0 aliphatic heterocycles. The number of halogens is 1. The van der Waals surface area contributed by atoms with Crippen molar-refractivity contribution in [3.05, 3.63) is 47.1 Å². The molecule has 0 spiro atoms. The fourth-order valence-electron chi connectivity index (χ4n) is 2.35. The number of hydrogen-bond donors (Lipinski definition) is 1. The van der Waals surface area contributed by atoms with E-state index in [1.165, 1.54) is 18.4 Å². The first-order chi connectivity index (χ1) is 9.24. The van der Waals surface area contributed by atoms with Crippen molar-refractivity contribution in [1.82, 2.24) is 9.78 Å². The molecule has 1 saturated carbocycles. The van der Waals surface area contributed by atoms with Gasteiger partial charge < -0.3 is 5.32 Å². The highest BCUT2D eigenvalue weighted by Gasteiger charge is 2.30. The third-order valence-corrected chi connectivity index (χ3v) is 4.00. The molecule has 1 unspecified atom stereocenters. The van der Waals surface area contributed by atoms with E-state index in [9.17, 15) is 0 Å². The molecule has 0 bridgehead atoms. The zero-order chi connectivity index (χ0) is 13.2. The average molecular weight is 276 g/mol. The summed E-state index contributed by atoms with van der Waals surface area (Å²) in [5.74, 6) is 1.89. The molecule has 19 heavy (non-hydrogen) atoms. The van der Waals surface area contributed by atoms with Gasteiger partial charge in [0.05, 0.1) is 12.2 Å². The maximum Gasteiger partial charge on any atom is 0.124 e. The van der Waals surface area contributed by atoms with Crippen LogP contribution in [0.1, 0.15) is 31.4 Å². The highest BCUT2D eigenvalue weighted by molar-refractivity contribution is 6.30. The predicted molar refractivity (Wildman–Crippen MR) is 78.4 cm³/mol. The van der Waals surface area contributed by atoms with Crippen LogP contribution in [0.15, 0.2) is 36.5 Å². The molecule has 1 fully saturated rings. The lowest BCUT2D eigenvalue weighted by Crippen LogP contribution is -2.13. The summed E-state index contributed by atoms with van der Waals surface area (Å²) >= 11 is 5.89. The number of aromatic nitrogens is 2. The number of anilines is 1. The summed E-state index contributed by atoms with van der Waals surface area (Å²) in [5, 5.41) is 8.66. The maximum atomic E-state index is 5.89. The van der Waals surface area contributed by atoms with Crippen molar-refractivity contribution >= 4 is 17.4 Å². The smallest absolute Gasteiger partial charge is 0.124 e. The fourth-order valence-corrected chi connectivity index (χ4v) is 2.48. The molecule has 0 radical (unpaired) electrons. The minimum Gasteiger partial charge on any atom is -0.366 e. The molecule has 100 valence electrons. The number of rotatable bonds is 5. The van der Waals surface area contributed by atoms with Gasteiger partial charge in [-0.1, -0.05) is 23.7 Å². The van der Waals surface area contributed by atoms with Gasteiger partial charge in [0.1, 0.15) is 5.82 Å². The van der Waals surface area contributed by atoms with E-state index in [2.05, 4.69) is 22.0 Å². The molecule has 1 atom stereocenters. The zero-order valence-electron chi connectivity index (χ0n) is 11.0. The first-order valence-corrected chi connectivity index (χ1v) is 7.13. The molecular formula is C15H18ClN3. The molecule has 1 N–H and O–H groups in total. The molecule has 3 nitrogen and oxygen atoms in total. The standard InChI is InChI=1S/C15H18ClN3/c1-11(13-4-5-13)19-15(8-9-18-19)17-10-12-2-6-14(16)7-3-12/h2-3,6-9,11,13,17H,4-5,10H2,1H3. The van der Waals surface area contributed by atoms with Crippen LogP contribution in [0.4, 0.5) is 5.82 Å². The second kappa shape index (κ2) is 5.25. The van der Waals surface area contributed by atoms with Crippen molar-refractivity contribution in [1.29, 1.82) is 0 Å². The Hall–Kier alpha value is -1.48. The van der Waals surface area contributed by atoms with E-state index in [1.54, 1.807) is 0 Å². The van der Waals surface area contributed by atoms with E-state index in [4.69, 9.17) is 11.6 Å². The molecule has 2 aromatic rings. The van der Waals surface area contributed by atoms with E-state index < -0.39 is 0 Å². The third-order valence-electron chi connectivity index (χ3n) is 3.75. The van der Waals surface area contributed by atoms with Gasteiger partial charge in [-0.25, -0.2) is 4.68 Å². The maximum absolute atomic E-state index is 5.89. The fraction of sp³-hybridized carbons (Fsp3) is 0.400. The Labute approximate surface area is 118 Å². The van der Waals surface area contributed by atoms with Crippen LogP contribution in [0.25, 0.3) is 0 Å². The normalized spacial score (nSPS) is 16.3.